The summed E-state index contributed by atoms with van der Waals surface area (Å²) in [5, 5.41) is 11.1. The molecule has 100 valence electrons. The molecule has 2 atom stereocenters. The van der Waals surface area contributed by atoms with E-state index in [1.54, 1.807) is 0 Å². The fourth-order valence-corrected chi connectivity index (χ4v) is 2.58. The molecule has 2 aliphatic heterocycles. The summed E-state index contributed by atoms with van der Waals surface area (Å²) in [6.45, 7) is 4.36. The van der Waals surface area contributed by atoms with Crippen molar-refractivity contribution in [2.45, 2.75) is 18.6 Å². The molecule has 2 aliphatic rings. The Morgan fingerprint density at radius 2 is 2.44 bits per heavy atom. The molecule has 2 saturated heterocycles. The molecule has 1 aromatic rings. The molecule has 0 aromatic carbocycles. The van der Waals surface area contributed by atoms with Crippen molar-refractivity contribution in [3.8, 4) is 0 Å². The second kappa shape index (κ2) is 5.26. The number of aromatic nitrogens is 2. The van der Waals surface area contributed by atoms with E-state index in [1.807, 2.05) is 12.3 Å². The molecule has 18 heavy (non-hydrogen) atoms. The molecular formula is C12H21N5O. The van der Waals surface area contributed by atoms with Crippen molar-refractivity contribution in [3.63, 3.8) is 0 Å². The Hall–Kier alpha value is -1.11. The van der Waals surface area contributed by atoms with E-state index in [9.17, 15) is 0 Å². The molecule has 0 saturated carbocycles. The molecular weight excluding hydrogens is 230 g/mol. The minimum atomic E-state index is 0.234. The van der Waals surface area contributed by atoms with Crippen LogP contribution in [0.5, 0.6) is 0 Å². The van der Waals surface area contributed by atoms with E-state index >= 15 is 0 Å². The number of nitrogens with zero attached hydrogens (tertiary/aromatic N) is 2. The minimum absolute atomic E-state index is 0.234. The number of anilines is 1. The van der Waals surface area contributed by atoms with E-state index in [-0.39, 0.29) is 6.10 Å². The highest BCUT2D eigenvalue weighted by Gasteiger charge is 2.27. The number of rotatable bonds is 5. The van der Waals surface area contributed by atoms with Crippen LogP contribution in [0.4, 0.5) is 5.82 Å². The quantitative estimate of drug-likeness (QED) is 0.676. The Kier molecular flexibility index (Phi) is 3.49. The first kappa shape index (κ1) is 12.0. The molecule has 0 spiro atoms. The van der Waals surface area contributed by atoms with Crippen LogP contribution in [0.25, 0.3) is 0 Å². The van der Waals surface area contributed by atoms with Crippen molar-refractivity contribution in [2.24, 2.45) is 11.7 Å². The van der Waals surface area contributed by atoms with Gasteiger partial charge in [0, 0.05) is 38.2 Å². The smallest absolute Gasteiger partial charge is 0.124 e. The molecule has 6 nitrogen and oxygen atoms in total. The zero-order valence-electron chi connectivity index (χ0n) is 10.5. The van der Waals surface area contributed by atoms with Crippen molar-refractivity contribution < 1.29 is 4.74 Å². The van der Waals surface area contributed by atoms with Crippen molar-refractivity contribution >= 4 is 5.82 Å². The highest BCUT2D eigenvalue weighted by atomic mass is 16.5. The zero-order chi connectivity index (χ0) is 12.4. The van der Waals surface area contributed by atoms with E-state index in [1.165, 1.54) is 0 Å². The summed E-state index contributed by atoms with van der Waals surface area (Å²) in [6.07, 6.45) is 3.16. The molecule has 2 fully saturated rings. The van der Waals surface area contributed by atoms with Crippen molar-refractivity contribution in [2.75, 3.05) is 38.1 Å². The number of nitrogens with two attached hydrogens (primary N) is 1. The first-order chi connectivity index (χ1) is 8.88. The number of ether oxygens (including phenoxy) is 1. The third-order valence-corrected chi connectivity index (χ3v) is 3.91. The van der Waals surface area contributed by atoms with E-state index in [4.69, 9.17) is 10.5 Å². The Morgan fingerprint density at radius 1 is 1.56 bits per heavy atom. The van der Waals surface area contributed by atoms with Crippen LogP contribution in [0, 0.1) is 5.92 Å². The first-order valence-corrected chi connectivity index (χ1v) is 6.68. The third kappa shape index (κ3) is 2.23. The molecule has 0 bridgehead atoms. The van der Waals surface area contributed by atoms with Gasteiger partial charge in [0.15, 0.2) is 0 Å². The van der Waals surface area contributed by atoms with Gasteiger partial charge in [0.25, 0.3) is 0 Å². The van der Waals surface area contributed by atoms with Crippen LogP contribution in [0.1, 0.15) is 12.5 Å². The van der Waals surface area contributed by atoms with Gasteiger partial charge in [0.2, 0.25) is 0 Å². The summed E-state index contributed by atoms with van der Waals surface area (Å²) >= 11 is 0. The lowest BCUT2D eigenvalue weighted by molar-refractivity contribution is 0.102. The second-order valence-corrected chi connectivity index (χ2v) is 5.05. The standard InChI is InChI=1S/C12H21N5O/c13-5-9-2-4-18-11(9)8-15-12-1-3-16-17(12)10-6-14-7-10/h1,3,9-11,14-15H,2,4-8,13H2/t9-,11+/m0/s1. The van der Waals surface area contributed by atoms with E-state index in [0.29, 0.717) is 18.5 Å². The van der Waals surface area contributed by atoms with Crippen LogP contribution in [-0.4, -0.2) is 48.7 Å². The predicted molar refractivity (Wildman–Crippen MR) is 69.5 cm³/mol. The van der Waals surface area contributed by atoms with Gasteiger partial charge in [0.1, 0.15) is 5.82 Å². The highest BCUT2D eigenvalue weighted by Crippen LogP contribution is 2.22. The van der Waals surface area contributed by atoms with Crippen molar-refractivity contribution in [3.05, 3.63) is 12.3 Å². The molecule has 3 heterocycles. The van der Waals surface area contributed by atoms with Crippen LogP contribution in [0.2, 0.25) is 0 Å². The molecule has 3 rings (SSSR count). The fourth-order valence-electron chi connectivity index (χ4n) is 2.58. The second-order valence-electron chi connectivity index (χ2n) is 5.05. The lowest BCUT2D eigenvalue weighted by Gasteiger charge is -2.29. The Bertz CT molecular complexity index is 390. The van der Waals surface area contributed by atoms with Crippen molar-refractivity contribution in [1.82, 2.24) is 15.1 Å². The Morgan fingerprint density at radius 3 is 3.17 bits per heavy atom. The van der Waals surface area contributed by atoms with Crippen LogP contribution < -0.4 is 16.4 Å². The van der Waals surface area contributed by atoms with Gasteiger partial charge in [-0.2, -0.15) is 5.10 Å². The monoisotopic (exact) mass is 251 g/mol. The SMILES string of the molecule is NC[C@@H]1CCO[C@@H]1CNc1ccnn1C1CNC1. The van der Waals surface area contributed by atoms with E-state index < -0.39 is 0 Å². The number of nitrogens with one attached hydrogen (secondary N) is 2. The summed E-state index contributed by atoms with van der Waals surface area (Å²) < 4.78 is 7.77. The van der Waals surface area contributed by atoms with Gasteiger partial charge in [0.05, 0.1) is 18.3 Å². The van der Waals surface area contributed by atoms with Crippen LogP contribution in [-0.2, 0) is 4.74 Å². The fraction of sp³-hybridized carbons (Fsp3) is 0.750. The molecule has 1 aromatic heterocycles. The van der Waals surface area contributed by atoms with E-state index in [0.717, 1.165) is 38.5 Å². The summed E-state index contributed by atoms with van der Waals surface area (Å²) in [5.41, 5.74) is 5.75. The molecule has 0 unspecified atom stereocenters. The topological polar surface area (TPSA) is 77.1 Å². The van der Waals surface area contributed by atoms with Gasteiger partial charge < -0.3 is 21.1 Å². The average molecular weight is 251 g/mol. The molecule has 0 amide bonds. The van der Waals surface area contributed by atoms with Crippen LogP contribution >= 0.6 is 0 Å². The first-order valence-electron chi connectivity index (χ1n) is 6.68. The van der Waals surface area contributed by atoms with E-state index in [2.05, 4.69) is 20.4 Å². The lowest BCUT2D eigenvalue weighted by atomic mass is 10.0. The maximum absolute atomic E-state index is 5.75. The van der Waals surface area contributed by atoms with Gasteiger partial charge in [-0.05, 0) is 13.0 Å². The number of hydrogen-bond donors (Lipinski definition) is 3. The summed E-state index contributed by atoms with van der Waals surface area (Å²) in [5.74, 6) is 1.56. The maximum Gasteiger partial charge on any atom is 0.124 e. The largest absolute Gasteiger partial charge is 0.376 e. The highest BCUT2D eigenvalue weighted by molar-refractivity contribution is 5.35. The van der Waals surface area contributed by atoms with Gasteiger partial charge in [-0.25, -0.2) is 4.68 Å². The normalized spacial score (nSPS) is 28.3. The van der Waals surface area contributed by atoms with Gasteiger partial charge in [-0.15, -0.1) is 0 Å². The zero-order valence-corrected chi connectivity index (χ0v) is 10.5. The molecule has 4 N–H and O–H groups in total. The third-order valence-electron chi connectivity index (χ3n) is 3.91. The summed E-state index contributed by atoms with van der Waals surface area (Å²) in [4.78, 5) is 0. The number of hydrogen-bond acceptors (Lipinski definition) is 5. The van der Waals surface area contributed by atoms with Gasteiger partial charge in [-0.3, -0.25) is 0 Å². The molecule has 6 heteroatoms. The molecule has 0 aliphatic carbocycles. The van der Waals surface area contributed by atoms with Gasteiger partial charge >= 0.3 is 0 Å². The van der Waals surface area contributed by atoms with Crippen molar-refractivity contribution in [1.29, 1.82) is 0 Å². The predicted octanol–water partition coefficient (Wildman–Crippen LogP) is -0.197. The minimum Gasteiger partial charge on any atom is -0.376 e. The molecule has 0 radical (unpaired) electrons. The summed E-state index contributed by atoms with van der Waals surface area (Å²) in [6, 6.07) is 2.50. The average Bonchev–Trinajstić information content (AvgIpc) is 2.92. The van der Waals surface area contributed by atoms with Crippen LogP contribution in [0.3, 0.4) is 0 Å². The van der Waals surface area contributed by atoms with Crippen LogP contribution in [0.15, 0.2) is 12.3 Å². The Balaban J connectivity index is 1.57. The Labute approximate surface area is 107 Å². The lowest BCUT2D eigenvalue weighted by Crippen LogP contribution is -2.44. The van der Waals surface area contributed by atoms with Gasteiger partial charge in [-0.1, -0.05) is 0 Å². The maximum atomic E-state index is 5.75. The summed E-state index contributed by atoms with van der Waals surface area (Å²) in [7, 11) is 0.